The number of nitrogens with zero attached hydrogens (tertiary/aromatic N) is 2. The second-order valence-corrected chi connectivity index (χ2v) is 7.79. The molecule has 0 spiro atoms. The molecule has 0 aliphatic carbocycles. The highest BCUT2D eigenvalue weighted by atomic mass is 32.2. The number of non-ortho nitro benzene ring substituents is 1. The van der Waals surface area contributed by atoms with E-state index in [-0.39, 0.29) is 10.5 Å². The molecule has 2 aromatic carbocycles. The van der Waals surface area contributed by atoms with Gasteiger partial charge in [0.1, 0.15) is 0 Å². The zero-order chi connectivity index (χ0) is 21.1. The first-order chi connectivity index (χ1) is 13.0. The fraction of sp³-hybridized carbons (Fsp3) is 0.176. The van der Waals surface area contributed by atoms with Crippen LogP contribution >= 0.6 is 0 Å². The molecule has 0 aliphatic heterocycles. The molecule has 0 aliphatic rings. The fourth-order valence-electron chi connectivity index (χ4n) is 2.25. The number of nitrogens with one attached hydrogen (secondary N) is 1. The maximum atomic E-state index is 12.4. The summed E-state index contributed by atoms with van der Waals surface area (Å²) in [4.78, 5) is 35.1. The van der Waals surface area contributed by atoms with Crippen molar-refractivity contribution in [2.45, 2.75) is 4.90 Å². The van der Waals surface area contributed by atoms with Gasteiger partial charge in [-0.1, -0.05) is 0 Å². The van der Waals surface area contributed by atoms with Gasteiger partial charge in [0.25, 0.3) is 11.6 Å². The molecule has 0 radical (unpaired) electrons. The Balaban J connectivity index is 2.29. The first-order valence-electron chi connectivity index (χ1n) is 7.75. The van der Waals surface area contributed by atoms with E-state index in [0.29, 0.717) is 11.4 Å². The first kappa shape index (κ1) is 20.8. The number of ether oxygens (including phenoxy) is 1. The molecule has 2 aromatic rings. The van der Waals surface area contributed by atoms with Crippen molar-refractivity contribution in [3.63, 3.8) is 0 Å². The maximum absolute atomic E-state index is 12.4. The van der Waals surface area contributed by atoms with Crippen molar-refractivity contribution in [3.8, 4) is 0 Å². The number of nitro groups is 1. The largest absolute Gasteiger partial charge is 0.452 e. The van der Waals surface area contributed by atoms with Crippen LogP contribution in [-0.2, 0) is 14.6 Å². The molecule has 0 heterocycles. The standard InChI is InChI=1S/C17H17N3O7S/c1-19(17(22)27-2)13-6-4-12(5-7-13)18-16(21)11-8-14(20(23)24)10-15(9-11)28(3,25)26/h4-10H,1-3H3,(H,18,21). The topological polar surface area (TPSA) is 136 Å². The maximum Gasteiger partial charge on any atom is 0.413 e. The van der Waals surface area contributed by atoms with Gasteiger partial charge in [-0.25, -0.2) is 13.2 Å². The Kier molecular flexibility index (Phi) is 5.99. The molecule has 0 bridgehead atoms. The van der Waals surface area contributed by atoms with E-state index in [1.54, 1.807) is 12.1 Å². The number of hydrogen-bond acceptors (Lipinski definition) is 7. The summed E-state index contributed by atoms with van der Waals surface area (Å²) in [7, 11) is -0.991. The summed E-state index contributed by atoms with van der Waals surface area (Å²) in [6.45, 7) is 0. The van der Waals surface area contributed by atoms with Crippen molar-refractivity contribution in [2.75, 3.05) is 30.6 Å². The lowest BCUT2D eigenvalue weighted by molar-refractivity contribution is -0.385. The van der Waals surface area contributed by atoms with Gasteiger partial charge >= 0.3 is 6.09 Å². The second-order valence-electron chi connectivity index (χ2n) is 5.77. The van der Waals surface area contributed by atoms with E-state index < -0.39 is 32.4 Å². The number of carbonyl (C=O) groups excluding carboxylic acids is 2. The van der Waals surface area contributed by atoms with Crippen LogP contribution in [0.2, 0.25) is 0 Å². The molecule has 0 fully saturated rings. The average molecular weight is 407 g/mol. The Hall–Kier alpha value is -3.47. The average Bonchev–Trinajstić information content (AvgIpc) is 2.66. The zero-order valence-electron chi connectivity index (χ0n) is 15.2. The molecule has 28 heavy (non-hydrogen) atoms. The molecule has 0 aromatic heterocycles. The Morgan fingerprint density at radius 3 is 2.25 bits per heavy atom. The minimum Gasteiger partial charge on any atom is -0.452 e. The van der Waals surface area contributed by atoms with E-state index in [4.69, 9.17) is 0 Å². The van der Waals surface area contributed by atoms with E-state index in [1.807, 2.05) is 0 Å². The Morgan fingerprint density at radius 1 is 1.14 bits per heavy atom. The van der Waals surface area contributed by atoms with Gasteiger partial charge in [0.2, 0.25) is 0 Å². The predicted octanol–water partition coefficient (Wildman–Crippen LogP) is 2.45. The Morgan fingerprint density at radius 2 is 1.75 bits per heavy atom. The smallest absolute Gasteiger partial charge is 0.413 e. The normalized spacial score (nSPS) is 10.8. The van der Waals surface area contributed by atoms with Gasteiger partial charge in [0, 0.05) is 42.4 Å². The van der Waals surface area contributed by atoms with Gasteiger partial charge in [-0.05, 0) is 30.3 Å². The number of rotatable bonds is 5. The molecular formula is C17H17N3O7S. The molecule has 0 saturated heterocycles. The van der Waals surface area contributed by atoms with Crippen molar-refractivity contribution in [3.05, 3.63) is 58.1 Å². The van der Waals surface area contributed by atoms with E-state index >= 15 is 0 Å². The molecule has 10 nitrogen and oxygen atoms in total. The molecule has 1 N–H and O–H groups in total. The van der Waals surface area contributed by atoms with Crippen LogP contribution in [0.1, 0.15) is 10.4 Å². The highest BCUT2D eigenvalue weighted by Crippen LogP contribution is 2.23. The minimum absolute atomic E-state index is 0.176. The lowest BCUT2D eigenvalue weighted by atomic mass is 10.2. The van der Waals surface area contributed by atoms with Crippen molar-refractivity contribution >= 4 is 38.9 Å². The Bertz CT molecular complexity index is 1030. The van der Waals surface area contributed by atoms with Gasteiger partial charge in [0.15, 0.2) is 9.84 Å². The summed E-state index contributed by atoms with van der Waals surface area (Å²) < 4.78 is 28.1. The lowest BCUT2D eigenvalue weighted by Crippen LogP contribution is -2.25. The van der Waals surface area contributed by atoms with Gasteiger partial charge in [-0.2, -0.15) is 0 Å². The molecule has 0 atom stereocenters. The third-order valence-electron chi connectivity index (χ3n) is 3.75. The predicted molar refractivity (Wildman–Crippen MR) is 101 cm³/mol. The number of anilines is 2. The van der Waals surface area contributed by atoms with Crippen LogP contribution < -0.4 is 10.2 Å². The van der Waals surface area contributed by atoms with Gasteiger partial charge in [0.05, 0.1) is 16.9 Å². The van der Waals surface area contributed by atoms with Crippen LogP contribution in [-0.4, -0.2) is 45.8 Å². The van der Waals surface area contributed by atoms with E-state index in [2.05, 4.69) is 10.1 Å². The monoisotopic (exact) mass is 407 g/mol. The van der Waals surface area contributed by atoms with Crippen LogP contribution in [0.5, 0.6) is 0 Å². The van der Waals surface area contributed by atoms with E-state index in [1.165, 1.54) is 31.2 Å². The van der Waals surface area contributed by atoms with Gasteiger partial charge < -0.3 is 10.1 Å². The number of amides is 2. The molecule has 0 saturated carbocycles. The van der Waals surface area contributed by atoms with E-state index in [0.717, 1.165) is 24.5 Å². The quantitative estimate of drug-likeness (QED) is 0.594. The van der Waals surface area contributed by atoms with Crippen LogP contribution in [0.4, 0.5) is 21.9 Å². The summed E-state index contributed by atoms with van der Waals surface area (Å²) in [5.41, 5.74) is 0.174. The third kappa shape index (κ3) is 4.82. The number of benzene rings is 2. The first-order valence-corrected chi connectivity index (χ1v) is 9.64. The van der Waals surface area contributed by atoms with Gasteiger partial charge in [-0.3, -0.25) is 19.8 Å². The zero-order valence-corrected chi connectivity index (χ0v) is 16.0. The minimum atomic E-state index is -3.75. The van der Waals surface area contributed by atoms with Crippen LogP contribution in [0.15, 0.2) is 47.4 Å². The van der Waals surface area contributed by atoms with Crippen LogP contribution in [0.25, 0.3) is 0 Å². The van der Waals surface area contributed by atoms with Crippen molar-refractivity contribution in [1.29, 1.82) is 0 Å². The number of nitro benzene ring substituents is 1. The molecule has 0 unspecified atom stereocenters. The summed E-state index contributed by atoms with van der Waals surface area (Å²) in [5, 5.41) is 13.6. The number of carbonyl (C=O) groups is 2. The fourth-order valence-corrected chi connectivity index (χ4v) is 2.92. The van der Waals surface area contributed by atoms with Crippen LogP contribution in [0.3, 0.4) is 0 Å². The lowest BCUT2D eigenvalue weighted by Gasteiger charge is -2.16. The van der Waals surface area contributed by atoms with Gasteiger partial charge in [-0.15, -0.1) is 0 Å². The molecule has 2 amide bonds. The van der Waals surface area contributed by atoms with Crippen LogP contribution in [0, 0.1) is 10.1 Å². The number of hydrogen-bond donors (Lipinski definition) is 1. The summed E-state index contributed by atoms with van der Waals surface area (Å²) >= 11 is 0. The molecule has 2 rings (SSSR count). The van der Waals surface area contributed by atoms with Crippen molar-refractivity contribution in [2.24, 2.45) is 0 Å². The molecule has 148 valence electrons. The summed E-state index contributed by atoms with van der Waals surface area (Å²) in [5.74, 6) is -0.720. The molecule has 11 heteroatoms. The SMILES string of the molecule is COC(=O)N(C)c1ccc(NC(=O)c2cc([N+](=O)[O-])cc(S(C)(=O)=O)c2)cc1. The third-order valence-corrected chi connectivity index (χ3v) is 4.85. The second kappa shape index (κ2) is 8.05. The number of sulfone groups is 1. The highest BCUT2D eigenvalue weighted by Gasteiger charge is 2.19. The summed E-state index contributed by atoms with van der Waals surface area (Å²) in [6.07, 6.45) is 0.325. The van der Waals surface area contributed by atoms with Crippen molar-refractivity contribution < 1.29 is 27.7 Å². The Labute approximate surface area is 160 Å². The summed E-state index contributed by atoms with van der Waals surface area (Å²) in [6, 6.07) is 9.09. The van der Waals surface area contributed by atoms with E-state index in [9.17, 15) is 28.1 Å². The number of methoxy groups -OCH3 is 1. The highest BCUT2D eigenvalue weighted by molar-refractivity contribution is 7.90. The van der Waals surface area contributed by atoms with Crippen molar-refractivity contribution in [1.82, 2.24) is 0 Å². The molecular weight excluding hydrogens is 390 g/mol.